The van der Waals surface area contributed by atoms with E-state index in [1.54, 1.807) is 25.1 Å². The Labute approximate surface area is 71.8 Å². The van der Waals surface area contributed by atoms with E-state index in [9.17, 15) is 4.39 Å². The average Bonchev–Trinajstić information content (AvgIpc) is 1.95. The van der Waals surface area contributed by atoms with Gasteiger partial charge >= 0.3 is 0 Å². The van der Waals surface area contributed by atoms with E-state index in [-0.39, 0.29) is 24.8 Å². The Morgan fingerprint density at radius 2 is 2.09 bits per heavy atom. The second kappa shape index (κ2) is 4.31. The minimum atomic E-state index is -0.176. The predicted octanol–water partition coefficient (Wildman–Crippen LogP) is 2.01. The van der Waals surface area contributed by atoms with Gasteiger partial charge < -0.3 is 5.73 Å². The highest BCUT2D eigenvalue weighted by Crippen LogP contribution is 2.10. The van der Waals surface area contributed by atoms with E-state index in [4.69, 9.17) is 5.73 Å². The van der Waals surface area contributed by atoms with Gasteiger partial charge in [-0.15, -0.1) is 12.4 Å². The molecule has 62 valence electrons. The molecule has 3 heteroatoms. The van der Waals surface area contributed by atoms with Gasteiger partial charge in [-0.3, -0.25) is 0 Å². The van der Waals surface area contributed by atoms with Crippen LogP contribution in [-0.2, 0) is 6.54 Å². The molecule has 0 aliphatic rings. The van der Waals surface area contributed by atoms with Crippen LogP contribution in [0.4, 0.5) is 4.39 Å². The van der Waals surface area contributed by atoms with Crippen LogP contribution in [0.5, 0.6) is 0 Å². The highest BCUT2D eigenvalue weighted by Gasteiger charge is 2.00. The fraction of sp³-hybridized carbons (Fsp3) is 0.250. The fourth-order valence-corrected chi connectivity index (χ4v) is 0.866. The third kappa shape index (κ3) is 2.17. The lowest BCUT2D eigenvalue weighted by Crippen LogP contribution is -2.00. The number of aryl methyl sites for hydroxylation is 1. The summed E-state index contributed by atoms with van der Waals surface area (Å²) in [5, 5.41) is 0. The molecule has 0 spiro atoms. The average molecular weight is 176 g/mol. The Balaban J connectivity index is 0.000001000. The van der Waals surface area contributed by atoms with Gasteiger partial charge in [-0.2, -0.15) is 0 Å². The van der Waals surface area contributed by atoms with Gasteiger partial charge in [-0.05, 0) is 12.5 Å². The van der Waals surface area contributed by atoms with Crippen LogP contribution in [-0.4, -0.2) is 0 Å². The second-order valence-corrected chi connectivity index (χ2v) is 2.25. The summed E-state index contributed by atoms with van der Waals surface area (Å²) in [4.78, 5) is 0. The SMILES string of the molecule is Cc1cccc(CN)c1F.Cl. The van der Waals surface area contributed by atoms with Crippen LogP contribution in [0.2, 0.25) is 0 Å². The van der Waals surface area contributed by atoms with E-state index in [0.29, 0.717) is 11.1 Å². The zero-order chi connectivity index (χ0) is 7.56. The first-order chi connectivity index (χ1) is 4.75. The molecule has 0 aromatic heterocycles. The first-order valence-electron chi connectivity index (χ1n) is 3.19. The smallest absolute Gasteiger partial charge is 0.130 e. The molecule has 1 nitrogen and oxygen atoms in total. The number of nitrogens with two attached hydrogens (primary N) is 1. The summed E-state index contributed by atoms with van der Waals surface area (Å²) in [6.45, 7) is 2.00. The van der Waals surface area contributed by atoms with Crippen LogP contribution in [0, 0.1) is 12.7 Å². The zero-order valence-electron chi connectivity index (χ0n) is 6.30. The number of benzene rings is 1. The molecule has 1 rings (SSSR count). The molecule has 0 atom stereocenters. The van der Waals surface area contributed by atoms with Gasteiger partial charge in [-0.25, -0.2) is 4.39 Å². The molecule has 0 heterocycles. The second-order valence-electron chi connectivity index (χ2n) is 2.25. The van der Waals surface area contributed by atoms with E-state index in [1.807, 2.05) is 0 Å². The molecule has 0 bridgehead atoms. The van der Waals surface area contributed by atoms with Crippen molar-refractivity contribution in [3.63, 3.8) is 0 Å². The lowest BCUT2D eigenvalue weighted by atomic mass is 10.1. The summed E-state index contributed by atoms with van der Waals surface area (Å²) in [5.74, 6) is -0.176. The summed E-state index contributed by atoms with van der Waals surface area (Å²) in [5.41, 5.74) is 6.52. The zero-order valence-corrected chi connectivity index (χ0v) is 7.12. The van der Waals surface area contributed by atoms with Crippen molar-refractivity contribution in [3.8, 4) is 0 Å². The lowest BCUT2D eigenvalue weighted by Gasteiger charge is -2.00. The maximum atomic E-state index is 12.9. The van der Waals surface area contributed by atoms with Crippen molar-refractivity contribution in [2.45, 2.75) is 13.5 Å². The van der Waals surface area contributed by atoms with Crippen molar-refractivity contribution in [2.75, 3.05) is 0 Å². The van der Waals surface area contributed by atoms with Gasteiger partial charge in [0, 0.05) is 12.1 Å². The number of hydrogen-bond donors (Lipinski definition) is 1. The van der Waals surface area contributed by atoms with Crippen molar-refractivity contribution in [1.82, 2.24) is 0 Å². The van der Waals surface area contributed by atoms with E-state index >= 15 is 0 Å². The largest absolute Gasteiger partial charge is 0.326 e. The minimum absolute atomic E-state index is 0. The van der Waals surface area contributed by atoms with E-state index in [1.165, 1.54) is 0 Å². The summed E-state index contributed by atoms with van der Waals surface area (Å²) in [6.07, 6.45) is 0. The predicted molar refractivity (Wildman–Crippen MR) is 46.3 cm³/mol. The lowest BCUT2D eigenvalue weighted by molar-refractivity contribution is 0.601. The van der Waals surface area contributed by atoms with Crippen molar-refractivity contribution in [3.05, 3.63) is 35.1 Å². The molecule has 0 radical (unpaired) electrons. The summed E-state index contributed by atoms with van der Waals surface area (Å²) in [6, 6.07) is 5.23. The Morgan fingerprint density at radius 3 is 2.55 bits per heavy atom. The van der Waals surface area contributed by atoms with E-state index < -0.39 is 0 Å². The normalized spacial score (nSPS) is 9.00. The van der Waals surface area contributed by atoms with Gasteiger partial charge in [0.1, 0.15) is 5.82 Å². The third-order valence-electron chi connectivity index (χ3n) is 1.49. The maximum Gasteiger partial charge on any atom is 0.130 e. The molecule has 0 aliphatic carbocycles. The first kappa shape index (κ1) is 10.4. The van der Waals surface area contributed by atoms with Gasteiger partial charge in [0.15, 0.2) is 0 Å². The summed E-state index contributed by atoms with van der Waals surface area (Å²) < 4.78 is 12.9. The van der Waals surface area contributed by atoms with Crippen LogP contribution < -0.4 is 5.73 Å². The van der Waals surface area contributed by atoms with Crippen LogP contribution in [0.3, 0.4) is 0 Å². The molecule has 2 N–H and O–H groups in total. The molecule has 0 saturated carbocycles. The van der Waals surface area contributed by atoms with Crippen molar-refractivity contribution in [2.24, 2.45) is 5.73 Å². The number of rotatable bonds is 1. The van der Waals surface area contributed by atoms with Gasteiger partial charge in [0.25, 0.3) is 0 Å². The molecular formula is C8H11ClFN. The first-order valence-corrected chi connectivity index (χ1v) is 3.19. The number of hydrogen-bond acceptors (Lipinski definition) is 1. The van der Waals surface area contributed by atoms with Crippen LogP contribution in [0.25, 0.3) is 0 Å². The topological polar surface area (TPSA) is 26.0 Å². The molecule has 0 amide bonds. The van der Waals surface area contributed by atoms with E-state index in [2.05, 4.69) is 0 Å². The van der Waals surface area contributed by atoms with Crippen molar-refractivity contribution >= 4 is 12.4 Å². The maximum absolute atomic E-state index is 12.9. The Morgan fingerprint density at radius 1 is 1.45 bits per heavy atom. The molecular weight excluding hydrogens is 165 g/mol. The minimum Gasteiger partial charge on any atom is -0.326 e. The van der Waals surface area contributed by atoms with Crippen LogP contribution in [0.1, 0.15) is 11.1 Å². The molecule has 1 aromatic rings. The van der Waals surface area contributed by atoms with Crippen molar-refractivity contribution < 1.29 is 4.39 Å². The Hall–Kier alpha value is -0.600. The highest BCUT2D eigenvalue weighted by atomic mass is 35.5. The van der Waals surface area contributed by atoms with Crippen LogP contribution >= 0.6 is 12.4 Å². The monoisotopic (exact) mass is 175 g/mol. The molecule has 11 heavy (non-hydrogen) atoms. The van der Waals surface area contributed by atoms with Gasteiger partial charge in [0.05, 0.1) is 0 Å². The fourth-order valence-electron chi connectivity index (χ4n) is 0.866. The third-order valence-corrected chi connectivity index (χ3v) is 1.49. The quantitative estimate of drug-likeness (QED) is 0.695. The standard InChI is InChI=1S/C8H10FN.ClH/c1-6-3-2-4-7(5-10)8(6)9;/h2-4H,5,10H2,1H3;1H. The molecule has 0 saturated heterocycles. The van der Waals surface area contributed by atoms with Crippen LogP contribution in [0.15, 0.2) is 18.2 Å². The van der Waals surface area contributed by atoms with Crippen molar-refractivity contribution in [1.29, 1.82) is 0 Å². The van der Waals surface area contributed by atoms with E-state index in [0.717, 1.165) is 0 Å². The highest BCUT2D eigenvalue weighted by molar-refractivity contribution is 5.85. The molecule has 0 unspecified atom stereocenters. The number of halogens is 2. The summed E-state index contributed by atoms with van der Waals surface area (Å²) >= 11 is 0. The molecule has 0 fully saturated rings. The van der Waals surface area contributed by atoms with Gasteiger partial charge in [0.2, 0.25) is 0 Å². The summed E-state index contributed by atoms with van der Waals surface area (Å²) in [7, 11) is 0. The Bertz CT molecular complexity index is 238. The molecule has 0 aliphatic heterocycles. The van der Waals surface area contributed by atoms with Gasteiger partial charge in [-0.1, -0.05) is 18.2 Å². The molecule has 1 aromatic carbocycles. The Kier molecular flexibility index (Phi) is 4.08.